The molecule has 3 nitrogen and oxygen atoms in total. The molecular weight excluding hydrogens is 254 g/mol. The van der Waals surface area contributed by atoms with Crippen molar-refractivity contribution in [3.05, 3.63) is 16.1 Å². The van der Waals surface area contributed by atoms with E-state index in [2.05, 4.69) is 20.5 Å². The van der Waals surface area contributed by atoms with Gasteiger partial charge in [0.1, 0.15) is 10.4 Å². The lowest BCUT2D eigenvalue weighted by Crippen LogP contribution is -2.22. The van der Waals surface area contributed by atoms with Gasteiger partial charge < -0.3 is 10.3 Å². The molecule has 0 aromatic carbocycles. The van der Waals surface area contributed by atoms with Crippen LogP contribution in [-0.2, 0) is 6.54 Å². The van der Waals surface area contributed by atoms with Gasteiger partial charge in [-0.15, -0.1) is 0 Å². The second-order valence-electron chi connectivity index (χ2n) is 4.65. The summed E-state index contributed by atoms with van der Waals surface area (Å²) >= 11 is 3.69. The molecule has 1 atom stereocenters. The molecule has 2 aliphatic rings. The van der Waals surface area contributed by atoms with Crippen LogP contribution >= 0.6 is 15.9 Å². The van der Waals surface area contributed by atoms with Gasteiger partial charge in [0.2, 0.25) is 0 Å². The maximum Gasteiger partial charge on any atom is 0.114 e. The first-order valence-corrected chi connectivity index (χ1v) is 6.56. The van der Waals surface area contributed by atoms with Crippen molar-refractivity contribution in [2.24, 2.45) is 5.73 Å². The van der Waals surface area contributed by atoms with Crippen LogP contribution in [-0.4, -0.2) is 16.1 Å². The fourth-order valence-electron chi connectivity index (χ4n) is 2.46. The molecule has 1 aromatic heterocycles. The van der Waals surface area contributed by atoms with E-state index in [0.29, 0.717) is 5.92 Å². The zero-order valence-electron chi connectivity index (χ0n) is 8.75. The van der Waals surface area contributed by atoms with E-state index in [-0.39, 0.29) is 0 Å². The molecule has 1 aliphatic carbocycles. The third-order valence-electron chi connectivity index (χ3n) is 3.51. The number of aromatic nitrogens is 2. The first-order valence-electron chi connectivity index (χ1n) is 5.77. The summed E-state index contributed by atoms with van der Waals surface area (Å²) in [7, 11) is 0. The summed E-state index contributed by atoms with van der Waals surface area (Å²) in [5, 5.41) is 0. The molecule has 4 heteroatoms. The normalized spacial score (nSPS) is 25.3. The first-order chi connectivity index (χ1) is 7.31. The second-order valence-corrected chi connectivity index (χ2v) is 5.40. The van der Waals surface area contributed by atoms with Gasteiger partial charge in [0.15, 0.2) is 0 Å². The number of nitrogens with two attached hydrogens (primary N) is 1. The van der Waals surface area contributed by atoms with Crippen molar-refractivity contribution in [2.75, 3.05) is 6.54 Å². The summed E-state index contributed by atoms with van der Waals surface area (Å²) in [6.07, 6.45) is 5.04. The molecule has 1 aliphatic heterocycles. The fraction of sp³-hybridized carbons (Fsp3) is 0.727. The number of hydrogen-bond acceptors (Lipinski definition) is 2. The maximum absolute atomic E-state index is 5.80. The molecule has 1 aromatic rings. The van der Waals surface area contributed by atoms with Crippen LogP contribution in [0.2, 0.25) is 0 Å². The first kappa shape index (κ1) is 9.85. The minimum Gasteiger partial charge on any atom is -0.330 e. The topological polar surface area (TPSA) is 43.8 Å². The molecule has 1 fully saturated rings. The van der Waals surface area contributed by atoms with Crippen molar-refractivity contribution < 1.29 is 0 Å². The van der Waals surface area contributed by atoms with Gasteiger partial charge in [0, 0.05) is 24.9 Å². The predicted octanol–water partition coefficient (Wildman–Crippen LogP) is 2.36. The van der Waals surface area contributed by atoms with Crippen LogP contribution in [0.3, 0.4) is 0 Å². The van der Waals surface area contributed by atoms with E-state index in [1.807, 2.05) is 0 Å². The van der Waals surface area contributed by atoms with E-state index >= 15 is 0 Å². The lowest BCUT2D eigenvalue weighted by molar-refractivity contribution is 0.444. The van der Waals surface area contributed by atoms with Gasteiger partial charge in [-0.3, -0.25) is 0 Å². The highest BCUT2D eigenvalue weighted by Gasteiger charge is 2.33. The SMILES string of the molecule is NCC1CCCn2c1nc(C1CC1)c2Br. The van der Waals surface area contributed by atoms with E-state index < -0.39 is 0 Å². The smallest absolute Gasteiger partial charge is 0.114 e. The molecule has 2 N–H and O–H groups in total. The highest BCUT2D eigenvalue weighted by molar-refractivity contribution is 9.10. The zero-order valence-corrected chi connectivity index (χ0v) is 10.3. The van der Waals surface area contributed by atoms with E-state index in [0.717, 1.165) is 19.0 Å². The lowest BCUT2D eigenvalue weighted by atomic mass is 9.99. The maximum atomic E-state index is 5.80. The Labute approximate surface area is 98.2 Å². The Balaban J connectivity index is 2.04. The van der Waals surface area contributed by atoms with E-state index in [4.69, 9.17) is 10.7 Å². The summed E-state index contributed by atoms with van der Waals surface area (Å²) in [5.41, 5.74) is 7.08. The van der Waals surface area contributed by atoms with E-state index in [9.17, 15) is 0 Å². The predicted molar refractivity (Wildman–Crippen MR) is 62.9 cm³/mol. The van der Waals surface area contributed by atoms with Crippen LogP contribution in [0.4, 0.5) is 0 Å². The Morgan fingerprint density at radius 3 is 2.87 bits per heavy atom. The van der Waals surface area contributed by atoms with Crippen molar-refractivity contribution in [2.45, 2.75) is 44.1 Å². The number of rotatable bonds is 2. The van der Waals surface area contributed by atoms with Crippen molar-refractivity contribution in [3.63, 3.8) is 0 Å². The highest BCUT2D eigenvalue weighted by atomic mass is 79.9. The summed E-state index contributed by atoms with van der Waals surface area (Å²) < 4.78 is 3.55. The quantitative estimate of drug-likeness (QED) is 0.896. The average molecular weight is 270 g/mol. The van der Waals surface area contributed by atoms with Gasteiger partial charge in [-0.05, 0) is 41.6 Å². The minimum absolute atomic E-state index is 0.475. The Hall–Kier alpha value is -0.350. The molecule has 3 rings (SSSR count). The number of nitrogens with zero attached hydrogens (tertiary/aromatic N) is 2. The average Bonchev–Trinajstić information content (AvgIpc) is 3.04. The Morgan fingerprint density at radius 1 is 1.40 bits per heavy atom. The Kier molecular flexibility index (Phi) is 2.36. The molecule has 0 spiro atoms. The largest absolute Gasteiger partial charge is 0.330 e. The van der Waals surface area contributed by atoms with Crippen LogP contribution in [0.1, 0.15) is 49.0 Å². The van der Waals surface area contributed by atoms with Gasteiger partial charge >= 0.3 is 0 Å². The standard InChI is InChI=1S/C11H16BrN3/c12-10-9(7-3-4-7)14-11-8(6-13)2-1-5-15(10)11/h7-8H,1-6,13H2. The van der Waals surface area contributed by atoms with Gasteiger partial charge in [-0.1, -0.05) is 0 Å². The lowest BCUT2D eigenvalue weighted by Gasteiger charge is -2.22. The second kappa shape index (κ2) is 3.59. The molecule has 0 radical (unpaired) electrons. The molecule has 82 valence electrons. The molecular formula is C11H16BrN3. The molecule has 0 amide bonds. The van der Waals surface area contributed by atoms with Crippen LogP contribution in [0.5, 0.6) is 0 Å². The number of halogens is 1. The Morgan fingerprint density at radius 2 is 2.20 bits per heavy atom. The fourth-order valence-corrected chi connectivity index (χ4v) is 3.23. The van der Waals surface area contributed by atoms with Gasteiger partial charge in [0.05, 0.1) is 5.69 Å². The van der Waals surface area contributed by atoms with Gasteiger partial charge in [0.25, 0.3) is 0 Å². The third-order valence-corrected chi connectivity index (χ3v) is 4.34. The molecule has 0 bridgehead atoms. The summed E-state index contributed by atoms with van der Waals surface area (Å²) in [6, 6.07) is 0. The van der Waals surface area contributed by atoms with Crippen LogP contribution in [0, 0.1) is 0 Å². The number of imidazole rings is 1. The molecule has 1 saturated carbocycles. The van der Waals surface area contributed by atoms with Crippen molar-refractivity contribution in [3.8, 4) is 0 Å². The molecule has 2 heterocycles. The molecule has 1 unspecified atom stereocenters. The zero-order chi connectivity index (χ0) is 10.4. The highest BCUT2D eigenvalue weighted by Crippen LogP contribution is 2.44. The van der Waals surface area contributed by atoms with Crippen LogP contribution < -0.4 is 5.73 Å². The van der Waals surface area contributed by atoms with Crippen LogP contribution in [0.25, 0.3) is 0 Å². The van der Waals surface area contributed by atoms with Crippen molar-refractivity contribution >= 4 is 15.9 Å². The van der Waals surface area contributed by atoms with E-state index in [1.54, 1.807) is 0 Å². The molecule has 15 heavy (non-hydrogen) atoms. The van der Waals surface area contributed by atoms with Crippen molar-refractivity contribution in [1.82, 2.24) is 9.55 Å². The van der Waals surface area contributed by atoms with Crippen LogP contribution in [0.15, 0.2) is 4.60 Å². The summed E-state index contributed by atoms with van der Waals surface area (Å²) in [4.78, 5) is 4.80. The molecule has 0 saturated heterocycles. The van der Waals surface area contributed by atoms with Crippen molar-refractivity contribution in [1.29, 1.82) is 0 Å². The van der Waals surface area contributed by atoms with E-state index in [1.165, 1.54) is 41.8 Å². The summed E-state index contributed by atoms with van der Waals surface area (Å²) in [5.74, 6) is 2.41. The number of fused-ring (bicyclic) bond motifs is 1. The number of hydrogen-bond donors (Lipinski definition) is 1. The van der Waals surface area contributed by atoms with Gasteiger partial charge in [-0.25, -0.2) is 4.98 Å². The monoisotopic (exact) mass is 269 g/mol. The Bertz CT molecular complexity index is 381. The van der Waals surface area contributed by atoms with Gasteiger partial charge in [-0.2, -0.15) is 0 Å². The minimum atomic E-state index is 0.475. The summed E-state index contributed by atoms with van der Waals surface area (Å²) in [6.45, 7) is 1.83. The third kappa shape index (κ3) is 1.54.